The van der Waals surface area contributed by atoms with Gasteiger partial charge in [0.1, 0.15) is 12.4 Å². The van der Waals surface area contributed by atoms with Gasteiger partial charge in [0.05, 0.1) is 19.4 Å². The fourth-order valence-electron chi connectivity index (χ4n) is 1.46. The molecule has 1 rings (SSSR count). The molecule has 6 heteroatoms. The lowest BCUT2D eigenvalue weighted by Crippen LogP contribution is -2.09. The van der Waals surface area contributed by atoms with Gasteiger partial charge in [0.2, 0.25) is 0 Å². The molecule has 2 N–H and O–H groups in total. The minimum atomic E-state index is -0.516. The van der Waals surface area contributed by atoms with E-state index in [-0.39, 0.29) is 18.0 Å². The van der Waals surface area contributed by atoms with Crippen molar-refractivity contribution in [2.75, 3.05) is 46.4 Å². The van der Waals surface area contributed by atoms with Crippen LogP contribution in [-0.4, -0.2) is 40.6 Å². The molecular formula is C13H20FNO4. The third-order valence-corrected chi connectivity index (χ3v) is 2.41. The number of rotatable bonds is 9. The second kappa shape index (κ2) is 8.55. The molecule has 0 aromatic heterocycles. The molecule has 0 unspecified atom stereocenters. The molecule has 0 spiro atoms. The first-order valence-electron chi connectivity index (χ1n) is 6.01. The van der Waals surface area contributed by atoms with E-state index < -0.39 is 5.82 Å². The lowest BCUT2D eigenvalue weighted by molar-refractivity contribution is 0.0796. The maximum Gasteiger partial charge on any atom is 0.167 e. The zero-order valence-electron chi connectivity index (χ0n) is 11.3. The Balaban J connectivity index is 2.33. The van der Waals surface area contributed by atoms with Crippen LogP contribution in [0.3, 0.4) is 0 Å². The van der Waals surface area contributed by atoms with Gasteiger partial charge in [0.15, 0.2) is 11.6 Å². The van der Waals surface area contributed by atoms with Crippen LogP contribution in [0.2, 0.25) is 0 Å². The number of hydrogen-bond donors (Lipinski definition) is 1. The van der Waals surface area contributed by atoms with Gasteiger partial charge < -0.3 is 24.7 Å². The molecule has 1 aromatic rings. The zero-order valence-corrected chi connectivity index (χ0v) is 11.3. The van der Waals surface area contributed by atoms with E-state index in [9.17, 15) is 4.39 Å². The highest BCUT2D eigenvalue weighted by Gasteiger charge is 2.09. The average molecular weight is 273 g/mol. The minimum Gasteiger partial charge on any atom is -0.494 e. The Bertz CT molecular complexity index is 387. The van der Waals surface area contributed by atoms with Crippen molar-refractivity contribution in [3.05, 3.63) is 17.9 Å². The van der Waals surface area contributed by atoms with Crippen molar-refractivity contribution in [3.63, 3.8) is 0 Å². The van der Waals surface area contributed by atoms with Gasteiger partial charge in [0, 0.05) is 32.5 Å². The van der Waals surface area contributed by atoms with Crippen molar-refractivity contribution < 1.29 is 23.3 Å². The Morgan fingerprint density at radius 1 is 1.05 bits per heavy atom. The predicted molar refractivity (Wildman–Crippen MR) is 70.2 cm³/mol. The smallest absolute Gasteiger partial charge is 0.167 e. The van der Waals surface area contributed by atoms with E-state index in [4.69, 9.17) is 24.7 Å². The summed E-state index contributed by atoms with van der Waals surface area (Å²) in [7, 11) is 3.10. The molecule has 0 saturated heterocycles. The molecule has 0 aliphatic heterocycles. The SMILES string of the molecule is COCCCOCCOc1cc(OC)c(N)cc1F. The number of halogens is 1. The Labute approximate surface area is 112 Å². The van der Waals surface area contributed by atoms with E-state index in [0.29, 0.717) is 25.6 Å². The number of ether oxygens (including phenoxy) is 4. The maximum atomic E-state index is 13.5. The summed E-state index contributed by atoms with van der Waals surface area (Å²) in [5.74, 6) is -0.0263. The molecule has 0 radical (unpaired) electrons. The average Bonchev–Trinajstić information content (AvgIpc) is 2.40. The van der Waals surface area contributed by atoms with Crippen LogP contribution in [0.25, 0.3) is 0 Å². The number of methoxy groups -OCH3 is 2. The summed E-state index contributed by atoms with van der Waals surface area (Å²) < 4.78 is 34.0. The molecule has 0 amide bonds. The monoisotopic (exact) mass is 273 g/mol. The molecule has 0 aliphatic carbocycles. The molecule has 19 heavy (non-hydrogen) atoms. The number of nitrogens with two attached hydrogens (primary N) is 1. The van der Waals surface area contributed by atoms with Crippen LogP contribution in [-0.2, 0) is 9.47 Å². The van der Waals surface area contributed by atoms with E-state index in [2.05, 4.69) is 0 Å². The Kier molecular flexibility index (Phi) is 6.99. The van der Waals surface area contributed by atoms with Crippen LogP contribution in [0, 0.1) is 5.82 Å². The molecule has 0 aliphatic rings. The molecular weight excluding hydrogens is 253 g/mol. The van der Waals surface area contributed by atoms with E-state index >= 15 is 0 Å². The molecule has 0 heterocycles. The topological polar surface area (TPSA) is 62.9 Å². The van der Waals surface area contributed by atoms with E-state index in [0.717, 1.165) is 6.42 Å². The van der Waals surface area contributed by atoms with Crippen molar-refractivity contribution in [1.82, 2.24) is 0 Å². The third-order valence-electron chi connectivity index (χ3n) is 2.41. The zero-order chi connectivity index (χ0) is 14.1. The van der Waals surface area contributed by atoms with Crippen molar-refractivity contribution in [3.8, 4) is 11.5 Å². The Morgan fingerprint density at radius 3 is 2.53 bits per heavy atom. The number of nitrogen functional groups attached to an aromatic ring is 1. The lowest BCUT2D eigenvalue weighted by atomic mass is 10.2. The summed E-state index contributed by atoms with van der Waals surface area (Å²) >= 11 is 0. The standard InChI is InChI=1S/C13H20FNO4/c1-16-4-3-5-18-6-7-19-12-9-13(17-2)11(15)8-10(12)14/h8-9H,3-7,15H2,1-2H3. The Morgan fingerprint density at radius 2 is 1.84 bits per heavy atom. The van der Waals surface area contributed by atoms with E-state index in [1.54, 1.807) is 7.11 Å². The lowest BCUT2D eigenvalue weighted by Gasteiger charge is -2.11. The number of anilines is 1. The quantitative estimate of drug-likeness (QED) is 0.549. The first-order chi connectivity index (χ1) is 9.19. The van der Waals surface area contributed by atoms with E-state index in [1.165, 1.54) is 19.2 Å². The van der Waals surface area contributed by atoms with Crippen LogP contribution in [0.4, 0.5) is 10.1 Å². The molecule has 1 aromatic carbocycles. The predicted octanol–water partition coefficient (Wildman–Crippen LogP) is 1.85. The van der Waals surface area contributed by atoms with Crippen LogP contribution < -0.4 is 15.2 Å². The molecule has 0 bridgehead atoms. The van der Waals surface area contributed by atoms with Gasteiger partial charge in [-0.3, -0.25) is 0 Å². The van der Waals surface area contributed by atoms with Crippen LogP contribution >= 0.6 is 0 Å². The highest BCUT2D eigenvalue weighted by molar-refractivity contribution is 5.56. The molecule has 108 valence electrons. The van der Waals surface area contributed by atoms with Gasteiger partial charge in [-0.05, 0) is 6.42 Å². The minimum absolute atomic E-state index is 0.103. The van der Waals surface area contributed by atoms with Gasteiger partial charge >= 0.3 is 0 Å². The second-order valence-electron chi connectivity index (χ2n) is 3.83. The first kappa shape index (κ1) is 15.5. The van der Waals surface area contributed by atoms with Crippen LogP contribution in [0.5, 0.6) is 11.5 Å². The Hall–Kier alpha value is -1.53. The summed E-state index contributed by atoms with van der Waals surface area (Å²) in [6, 6.07) is 2.60. The summed E-state index contributed by atoms with van der Waals surface area (Å²) in [4.78, 5) is 0. The van der Waals surface area contributed by atoms with Crippen molar-refractivity contribution in [2.45, 2.75) is 6.42 Å². The van der Waals surface area contributed by atoms with Gasteiger partial charge in [-0.1, -0.05) is 0 Å². The van der Waals surface area contributed by atoms with Gasteiger partial charge in [-0.2, -0.15) is 0 Å². The van der Waals surface area contributed by atoms with Crippen molar-refractivity contribution >= 4 is 5.69 Å². The molecule has 0 atom stereocenters. The molecule has 0 saturated carbocycles. The normalized spacial score (nSPS) is 10.5. The molecule has 5 nitrogen and oxygen atoms in total. The maximum absolute atomic E-state index is 13.5. The van der Waals surface area contributed by atoms with Gasteiger partial charge in [-0.15, -0.1) is 0 Å². The summed E-state index contributed by atoms with van der Waals surface area (Å²) in [6.07, 6.45) is 0.820. The fraction of sp³-hybridized carbons (Fsp3) is 0.538. The first-order valence-corrected chi connectivity index (χ1v) is 6.01. The number of benzene rings is 1. The van der Waals surface area contributed by atoms with Crippen LogP contribution in [0.15, 0.2) is 12.1 Å². The largest absolute Gasteiger partial charge is 0.494 e. The summed E-state index contributed by atoms with van der Waals surface area (Å²) in [5.41, 5.74) is 5.81. The number of hydrogen-bond acceptors (Lipinski definition) is 5. The van der Waals surface area contributed by atoms with Crippen molar-refractivity contribution in [1.29, 1.82) is 0 Å². The highest BCUT2D eigenvalue weighted by atomic mass is 19.1. The third kappa shape index (κ3) is 5.32. The summed E-state index contributed by atoms with van der Waals surface area (Å²) in [6.45, 7) is 1.89. The highest BCUT2D eigenvalue weighted by Crippen LogP contribution is 2.29. The van der Waals surface area contributed by atoms with E-state index in [1.807, 2.05) is 0 Å². The summed E-state index contributed by atoms with van der Waals surface area (Å²) in [5, 5.41) is 0. The van der Waals surface area contributed by atoms with Crippen LogP contribution in [0.1, 0.15) is 6.42 Å². The van der Waals surface area contributed by atoms with Crippen molar-refractivity contribution in [2.24, 2.45) is 0 Å². The fourth-order valence-corrected chi connectivity index (χ4v) is 1.46. The second-order valence-corrected chi connectivity index (χ2v) is 3.83. The van der Waals surface area contributed by atoms with Gasteiger partial charge in [0.25, 0.3) is 0 Å². The molecule has 0 fully saturated rings. The van der Waals surface area contributed by atoms with Gasteiger partial charge in [-0.25, -0.2) is 4.39 Å².